The lowest BCUT2D eigenvalue weighted by molar-refractivity contribution is -0.127. The van der Waals surface area contributed by atoms with Crippen LogP contribution in [-0.4, -0.2) is 46.7 Å². The molecule has 4 rings (SSSR count). The Balaban J connectivity index is 1.42. The molecule has 0 saturated carbocycles. The second-order valence-electron chi connectivity index (χ2n) is 7.60. The van der Waals surface area contributed by atoms with Crippen LogP contribution in [0.1, 0.15) is 21.9 Å². The van der Waals surface area contributed by atoms with E-state index in [-0.39, 0.29) is 17.3 Å². The molecular weight excluding hydrogens is 524 g/mol. The van der Waals surface area contributed by atoms with Crippen LogP contribution < -0.4 is 14.8 Å². The average molecular weight is 543 g/mol. The normalized spacial score (nSPS) is 14.2. The number of nitrogens with one attached hydrogen (secondary N) is 1. The predicted octanol–water partition coefficient (Wildman–Crippen LogP) is 4.89. The number of carbonyl (C=O) groups is 4. The Bertz CT molecular complexity index is 1420. The zero-order valence-electron chi connectivity index (χ0n) is 19.2. The third kappa shape index (κ3) is 6.32. The molecular formula is C25H19ClN2O8S. The third-order valence-corrected chi connectivity index (χ3v) is 6.15. The van der Waals surface area contributed by atoms with Gasteiger partial charge in [-0.05, 0) is 65.9 Å². The van der Waals surface area contributed by atoms with Gasteiger partial charge in [0, 0.05) is 10.7 Å². The highest BCUT2D eigenvalue weighted by molar-refractivity contribution is 8.18. The molecule has 2 heterocycles. The van der Waals surface area contributed by atoms with E-state index in [0.29, 0.717) is 33.5 Å². The van der Waals surface area contributed by atoms with E-state index in [4.69, 9.17) is 30.6 Å². The molecule has 12 heteroatoms. The number of amides is 3. The Hall–Kier alpha value is -4.22. The summed E-state index contributed by atoms with van der Waals surface area (Å²) in [5.74, 6) is -1.49. The molecule has 0 atom stereocenters. The van der Waals surface area contributed by atoms with Crippen molar-refractivity contribution in [1.82, 2.24) is 4.90 Å². The Kier molecular flexibility index (Phi) is 7.85. The molecule has 3 aromatic rings. The highest BCUT2D eigenvalue weighted by Gasteiger charge is 2.36. The summed E-state index contributed by atoms with van der Waals surface area (Å²) >= 11 is 6.63. The summed E-state index contributed by atoms with van der Waals surface area (Å²) in [5.41, 5.74) is 1.01. The number of halogens is 1. The van der Waals surface area contributed by atoms with Gasteiger partial charge in [0.2, 0.25) is 11.7 Å². The van der Waals surface area contributed by atoms with E-state index in [1.54, 1.807) is 42.5 Å². The summed E-state index contributed by atoms with van der Waals surface area (Å²) in [6, 6.07) is 14.2. The Morgan fingerprint density at radius 1 is 1.14 bits per heavy atom. The van der Waals surface area contributed by atoms with Gasteiger partial charge in [-0.3, -0.25) is 19.3 Å². The van der Waals surface area contributed by atoms with Crippen molar-refractivity contribution in [3.05, 3.63) is 81.6 Å². The van der Waals surface area contributed by atoms with Gasteiger partial charge in [0.25, 0.3) is 11.1 Å². The minimum atomic E-state index is -1.18. The molecule has 0 spiro atoms. The first-order chi connectivity index (χ1) is 17.7. The number of carbonyl (C=O) groups excluding carboxylic acids is 3. The number of carboxylic acid groups (broad SMARTS) is 1. The number of rotatable bonds is 9. The standard InChI is InChI=1S/C25H19ClN2O8S/c1-34-20-9-14(5-7-18(20)35-13-17-6-8-19(36-17)24(31)32)10-21-23(30)28(25(33)37-21)12-22(29)27-16-4-2-3-15(26)11-16/h2-11H,12-13H2,1H3,(H,27,29)(H,31,32)/b21-10-. The summed E-state index contributed by atoms with van der Waals surface area (Å²) in [7, 11) is 1.44. The molecule has 1 saturated heterocycles. The van der Waals surface area contributed by atoms with Gasteiger partial charge in [-0.25, -0.2) is 4.79 Å². The van der Waals surface area contributed by atoms with Gasteiger partial charge in [0.15, 0.2) is 11.5 Å². The first-order valence-corrected chi connectivity index (χ1v) is 11.9. The first kappa shape index (κ1) is 25.9. The summed E-state index contributed by atoms with van der Waals surface area (Å²) in [6.07, 6.45) is 1.51. The van der Waals surface area contributed by atoms with Crippen molar-refractivity contribution in [2.75, 3.05) is 19.0 Å². The number of aromatic carboxylic acids is 1. The molecule has 37 heavy (non-hydrogen) atoms. The second-order valence-corrected chi connectivity index (χ2v) is 9.03. The number of ether oxygens (including phenoxy) is 2. The van der Waals surface area contributed by atoms with Gasteiger partial charge < -0.3 is 24.3 Å². The summed E-state index contributed by atoms with van der Waals surface area (Å²) in [6.45, 7) is -0.472. The van der Waals surface area contributed by atoms with E-state index >= 15 is 0 Å². The molecule has 1 aliphatic rings. The zero-order valence-corrected chi connectivity index (χ0v) is 20.8. The number of carboxylic acids is 1. The average Bonchev–Trinajstić information content (AvgIpc) is 3.44. The van der Waals surface area contributed by atoms with Crippen molar-refractivity contribution in [2.45, 2.75) is 6.61 Å². The largest absolute Gasteiger partial charge is 0.493 e. The molecule has 0 unspecified atom stereocenters. The summed E-state index contributed by atoms with van der Waals surface area (Å²) in [5, 5.41) is 11.4. The Morgan fingerprint density at radius 3 is 2.65 bits per heavy atom. The number of hydrogen-bond donors (Lipinski definition) is 2. The maximum absolute atomic E-state index is 12.8. The second kappa shape index (κ2) is 11.2. The van der Waals surface area contributed by atoms with E-state index < -0.39 is 29.6 Å². The highest BCUT2D eigenvalue weighted by atomic mass is 35.5. The van der Waals surface area contributed by atoms with Crippen molar-refractivity contribution >= 4 is 58.1 Å². The van der Waals surface area contributed by atoms with Gasteiger partial charge in [0.1, 0.15) is 18.9 Å². The lowest BCUT2D eigenvalue weighted by Gasteiger charge is -2.12. The molecule has 1 aliphatic heterocycles. The lowest BCUT2D eigenvalue weighted by atomic mass is 10.2. The topological polar surface area (TPSA) is 135 Å². The number of imide groups is 1. The zero-order chi connectivity index (χ0) is 26.5. The minimum Gasteiger partial charge on any atom is -0.493 e. The van der Waals surface area contributed by atoms with E-state index in [1.807, 2.05) is 0 Å². The molecule has 0 bridgehead atoms. The third-order valence-electron chi connectivity index (χ3n) is 5.01. The molecule has 0 aliphatic carbocycles. The van der Waals surface area contributed by atoms with Crippen LogP contribution in [0.5, 0.6) is 11.5 Å². The SMILES string of the molecule is COc1cc(/C=C2\SC(=O)N(CC(=O)Nc3cccc(Cl)c3)C2=O)ccc1OCc1ccc(C(=O)O)o1. The van der Waals surface area contributed by atoms with Gasteiger partial charge in [-0.15, -0.1) is 0 Å². The van der Waals surface area contributed by atoms with Crippen LogP contribution in [0, 0.1) is 0 Å². The molecule has 0 radical (unpaired) electrons. The quantitative estimate of drug-likeness (QED) is 0.362. The van der Waals surface area contributed by atoms with Crippen LogP contribution in [0.15, 0.2) is 63.9 Å². The number of nitrogens with zero attached hydrogens (tertiary/aromatic N) is 1. The fourth-order valence-corrected chi connectivity index (χ4v) is 4.34. The van der Waals surface area contributed by atoms with E-state index in [9.17, 15) is 19.2 Å². The van der Waals surface area contributed by atoms with Gasteiger partial charge in [-0.2, -0.15) is 0 Å². The van der Waals surface area contributed by atoms with Gasteiger partial charge >= 0.3 is 5.97 Å². The van der Waals surface area contributed by atoms with Crippen molar-refractivity contribution in [1.29, 1.82) is 0 Å². The number of methoxy groups -OCH3 is 1. The fraction of sp³-hybridized carbons (Fsp3) is 0.120. The van der Waals surface area contributed by atoms with Crippen molar-refractivity contribution in [2.24, 2.45) is 0 Å². The molecule has 1 fully saturated rings. The first-order valence-electron chi connectivity index (χ1n) is 10.7. The van der Waals surface area contributed by atoms with Crippen molar-refractivity contribution in [3.63, 3.8) is 0 Å². The van der Waals surface area contributed by atoms with Crippen molar-refractivity contribution in [3.8, 4) is 11.5 Å². The van der Waals surface area contributed by atoms with Crippen LogP contribution in [0.25, 0.3) is 6.08 Å². The monoisotopic (exact) mass is 542 g/mol. The molecule has 190 valence electrons. The number of hydrogen-bond acceptors (Lipinski definition) is 8. The molecule has 3 amide bonds. The van der Waals surface area contributed by atoms with E-state index in [1.165, 1.54) is 25.3 Å². The molecule has 2 aromatic carbocycles. The smallest absolute Gasteiger partial charge is 0.371 e. The molecule has 1 aromatic heterocycles. The van der Waals surface area contributed by atoms with Crippen LogP contribution >= 0.6 is 23.4 Å². The van der Waals surface area contributed by atoms with Crippen LogP contribution in [0.4, 0.5) is 10.5 Å². The van der Waals surface area contributed by atoms with E-state index in [0.717, 1.165) is 16.7 Å². The molecule has 10 nitrogen and oxygen atoms in total. The fourth-order valence-electron chi connectivity index (χ4n) is 3.31. The number of thioether (sulfide) groups is 1. The maximum atomic E-state index is 12.8. The van der Waals surface area contributed by atoms with Gasteiger partial charge in [0.05, 0.1) is 12.0 Å². The number of benzene rings is 2. The summed E-state index contributed by atoms with van der Waals surface area (Å²) in [4.78, 5) is 49.5. The van der Waals surface area contributed by atoms with Crippen molar-refractivity contribution < 1.29 is 38.2 Å². The highest BCUT2D eigenvalue weighted by Crippen LogP contribution is 2.35. The summed E-state index contributed by atoms with van der Waals surface area (Å²) < 4.78 is 16.2. The number of furan rings is 1. The van der Waals surface area contributed by atoms with E-state index in [2.05, 4.69) is 5.32 Å². The van der Waals surface area contributed by atoms with Gasteiger partial charge in [-0.1, -0.05) is 23.7 Å². The maximum Gasteiger partial charge on any atom is 0.371 e. The minimum absolute atomic E-state index is 0.0286. The van der Waals surface area contributed by atoms with Crippen LogP contribution in [-0.2, 0) is 16.2 Å². The Labute approximate surface area is 219 Å². The predicted molar refractivity (Wildman–Crippen MR) is 136 cm³/mol. The molecule has 2 N–H and O–H groups in total. The van der Waals surface area contributed by atoms with Crippen LogP contribution in [0.3, 0.4) is 0 Å². The Morgan fingerprint density at radius 2 is 1.95 bits per heavy atom. The lowest BCUT2D eigenvalue weighted by Crippen LogP contribution is -2.36. The number of anilines is 1. The van der Waals surface area contributed by atoms with Crippen LogP contribution in [0.2, 0.25) is 5.02 Å².